The summed E-state index contributed by atoms with van der Waals surface area (Å²) in [6.45, 7) is 6.02. The van der Waals surface area contributed by atoms with Gasteiger partial charge >= 0.3 is 5.69 Å². The lowest BCUT2D eigenvalue weighted by molar-refractivity contribution is -0.0958. The summed E-state index contributed by atoms with van der Waals surface area (Å²) in [5.74, 6) is 0.0586. The molecule has 8 heteroatoms. The first-order chi connectivity index (χ1) is 18.7. The van der Waals surface area contributed by atoms with Crippen molar-refractivity contribution < 1.29 is 19.7 Å². The Morgan fingerprint density at radius 3 is 1.72 bits per heavy atom. The van der Waals surface area contributed by atoms with Crippen LogP contribution in [0.4, 0.5) is 5.82 Å². The van der Waals surface area contributed by atoms with Crippen molar-refractivity contribution in [1.29, 1.82) is 0 Å². The SMILES string of the molecule is Cc1ccc(C(OCC2OC(n3ccc(N)nc3=O)C(O)C2O)(c2ccc(C)cc2)c2ccc(C)cc2)cc1. The lowest BCUT2D eigenvalue weighted by atomic mass is 9.79. The van der Waals surface area contributed by atoms with Gasteiger partial charge in [-0.2, -0.15) is 4.98 Å². The highest BCUT2D eigenvalue weighted by Gasteiger charge is 2.46. The molecular weight excluding hydrogens is 494 g/mol. The van der Waals surface area contributed by atoms with E-state index >= 15 is 0 Å². The number of rotatable bonds is 7. The van der Waals surface area contributed by atoms with Crippen molar-refractivity contribution >= 4 is 5.82 Å². The van der Waals surface area contributed by atoms with Crippen molar-refractivity contribution in [3.05, 3.63) is 129 Å². The number of aliphatic hydroxyl groups excluding tert-OH is 2. The maximum absolute atomic E-state index is 12.4. The maximum Gasteiger partial charge on any atom is 0.351 e. The van der Waals surface area contributed by atoms with Gasteiger partial charge in [-0.3, -0.25) is 4.57 Å². The highest BCUT2D eigenvalue weighted by atomic mass is 16.6. The first-order valence-corrected chi connectivity index (χ1v) is 12.9. The van der Waals surface area contributed by atoms with Crippen molar-refractivity contribution in [3.8, 4) is 0 Å². The number of aliphatic hydroxyl groups is 2. The Kier molecular flexibility index (Phi) is 7.38. The summed E-state index contributed by atoms with van der Waals surface area (Å²) in [7, 11) is 0. The van der Waals surface area contributed by atoms with Crippen LogP contribution in [0.25, 0.3) is 0 Å². The van der Waals surface area contributed by atoms with Crippen LogP contribution < -0.4 is 11.4 Å². The molecule has 39 heavy (non-hydrogen) atoms. The molecular formula is C31H33N3O5. The Hall–Kier alpha value is -3.82. The van der Waals surface area contributed by atoms with Gasteiger partial charge in [-0.15, -0.1) is 0 Å². The van der Waals surface area contributed by atoms with Gasteiger partial charge in [0.2, 0.25) is 0 Å². The standard InChI is InChI=1S/C31H33N3O5/c1-19-4-10-22(11-5-19)31(23-12-6-20(2)7-13-23,24-14-8-21(3)9-15-24)38-18-25-27(35)28(36)29(39-25)34-17-16-26(32)33-30(34)37/h4-17,25,27-29,35-36H,18H2,1-3H3,(H2,32,33,37). The summed E-state index contributed by atoms with van der Waals surface area (Å²) in [6, 6.07) is 25.9. The number of nitrogens with zero attached hydrogens (tertiary/aromatic N) is 2. The minimum Gasteiger partial charge on any atom is -0.387 e. The summed E-state index contributed by atoms with van der Waals surface area (Å²) in [5, 5.41) is 21.7. The van der Waals surface area contributed by atoms with E-state index in [4.69, 9.17) is 15.2 Å². The number of hydrogen-bond donors (Lipinski definition) is 3. The molecule has 1 aliphatic rings. The molecule has 8 nitrogen and oxygen atoms in total. The van der Waals surface area contributed by atoms with Gasteiger partial charge in [-0.25, -0.2) is 4.79 Å². The predicted molar refractivity (Wildman–Crippen MR) is 148 cm³/mol. The molecule has 0 amide bonds. The summed E-state index contributed by atoms with van der Waals surface area (Å²) in [4.78, 5) is 16.1. The van der Waals surface area contributed by atoms with Gasteiger partial charge in [0, 0.05) is 6.20 Å². The molecule has 1 fully saturated rings. The van der Waals surface area contributed by atoms with E-state index in [1.165, 1.54) is 12.3 Å². The van der Waals surface area contributed by atoms with Crippen LogP contribution in [0.3, 0.4) is 0 Å². The molecule has 5 rings (SSSR count). The van der Waals surface area contributed by atoms with Crippen LogP contribution in [0.5, 0.6) is 0 Å². The summed E-state index contributed by atoms with van der Waals surface area (Å²) >= 11 is 0. The molecule has 4 aromatic rings. The zero-order valence-electron chi connectivity index (χ0n) is 22.2. The molecule has 1 saturated heterocycles. The first-order valence-electron chi connectivity index (χ1n) is 12.9. The van der Waals surface area contributed by atoms with Crippen LogP contribution in [0.15, 0.2) is 89.9 Å². The van der Waals surface area contributed by atoms with Crippen molar-refractivity contribution in [3.63, 3.8) is 0 Å². The van der Waals surface area contributed by atoms with E-state index in [9.17, 15) is 15.0 Å². The quantitative estimate of drug-likeness (QED) is 0.315. The number of ether oxygens (including phenoxy) is 2. The van der Waals surface area contributed by atoms with Gasteiger partial charge in [-0.05, 0) is 43.5 Å². The molecule has 202 valence electrons. The van der Waals surface area contributed by atoms with E-state index in [0.717, 1.165) is 37.9 Å². The van der Waals surface area contributed by atoms with Crippen molar-refractivity contribution in [2.24, 2.45) is 0 Å². The number of nitrogens with two attached hydrogens (primary N) is 1. The zero-order valence-corrected chi connectivity index (χ0v) is 22.2. The summed E-state index contributed by atoms with van der Waals surface area (Å²) in [6.07, 6.45) is -3.33. The smallest absolute Gasteiger partial charge is 0.351 e. The van der Waals surface area contributed by atoms with Gasteiger partial charge in [0.1, 0.15) is 29.7 Å². The van der Waals surface area contributed by atoms with Gasteiger partial charge < -0.3 is 25.4 Å². The summed E-state index contributed by atoms with van der Waals surface area (Å²) < 4.78 is 14.0. The fraction of sp³-hybridized carbons (Fsp3) is 0.290. The Morgan fingerprint density at radius 2 is 1.28 bits per heavy atom. The van der Waals surface area contributed by atoms with Crippen LogP contribution >= 0.6 is 0 Å². The molecule has 0 saturated carbocycles. The van der Waals surface area contributed by atoms with Crippen molar-refractivity contribution in [2.75, 3.05) is 12.3 Å². The van der Waals surface area contributed by atoms with Crippen LogP contribution in [0.1, 0.15) is 39.6 Å². The van der Waals surface area contributed by atoms with Crippen LogP contribution in [-0.4, -0.2) is 44.7 Å². The normalized spacial score (nSPS) is 21.3. The van der Waals surface area contributed by atoms with Crippen LogP contribution in [-0.2, 0) is 15.1 Å². The molecule has 4 atom stereocenters. The predicted octanol–water partition coefficient (Wildman–Crippen LogP) is 3.38. The zero-order chi connectivity index (χ0) is 27.7. The van der Waals surface area contributed by atoms with Gasteiger partial charge in [0.25, 0.3) is 0 Å². The lowest BCUT2D eigenvalue weighted by Crippen LogP contribution is -2.39. The Morgan fingerprint density at radius 1 is 0.821 bits per heavy atom. The minimum atomic E-state index is -1.37. The molecule has 1 aliphatic heterocycles. The third-order valence-corrected chi connectivity index (χ3v) is 7.30. The third kappa shape index (κ3) is 5.12. The topological polar surface area (TPSA) is 120 Å². The molecule has 3 aromatic carbocycles. The fourth-order valence-corrected chi connectivity index (χ4v) is 5.04. The molecule has 4 unspecified atom stereocenters. The summed E-state index contributed by atoms with van der Waals surface area (Å²) in [5.41, 5.74) is 9.95. The molecule has 0 spiro atoms. The number of benzene rings is 3. The number of aromatic nitrogens is 2. The van der Waals surface area contributed by atoms with Crippen molar-refractivity contribution in [2.45, 2.75) is 50.9 Å². The van der Waals surface area contributed by atoms with E-state index in [2.05, 4.69) is 4.98 Å². The van der Waals surface area contributed by atoms with E-state index in [-0.39, 0.29) is 12.4 Å². The molecule has 0 aliphatic carbocycles. The average Bonchev–Trinajstić information content (AvgIpc) is 3.20. The number of anilines is 1. The molecule has 1 aromatic heterocycles. The van der Waals surface area contributed by atoms with Crippen LogP contribution in [0, 0.1) is 20.8 Å². The highest BCUT2D eigenvalue weighted by molar-refractivity contribution is 5.49. The fourth-order valence-electron chi connectivity index (χ4n) is 5.04. The Labute approximate surface area is 227 Å². The van der Waals surface area contributed by atoms with Crippen molar-refractivity contribution in [1.82, 2.24) is 9.55 Å². The second-order valence-electron chi connectivity index (χ2n) is 10.2. The molecule has 2 heterocycles. The second kappa shape index (κ2) is 10.7. The molecule has 4 N–H and O–H groups in total. The molecule has 0 bridgehead atoms. The highest BCUT2D eigenvalue weighted by Crippen LogP contribution is 2.42. The van der Waals surface area contributed by atoms with E-state index < -0.39 is 35.8 Å². The number of nitrogen functional groups attached to an aromatic ring is 1. The second-order valence-corrected chi connectivity index (χ2v) is 10.2. The maximum atomic E-state index is 12.4. The lowest BCUT2D eigenvalue weighted by Gasteiger charge is -2.37. The Bertz CT molecular complexity index is 1370. The Balaban J connectivity index is 1.56. The van der Waals surface area contributed by atoms with Gasteiger partial charge in [0.05, 0.1) is 6.61 Å². The number of aryl methyl sites for hydroxylation is 3. The number of hydrogen-bond acceptors (Lipinski definition) is 7. The third-order valence-electron chi connectivity index (χ3n) is 7.30. The largest absolute Gasteiger partial charge is 0.387 e. The van der Waals surface area contributed by atoms with Crippen LogP contribution in [0.2, 0.25) is 0 Å². The molecule has 0 radical (unpaired) electrons. The van der Waals surface area contributed by atoms with E-state index in [1.807, 2.05) is 93.6 Å². The van der Waals surface area contributed by atoms with Gasteiger partial charge in [-0.1, -0.05) is 89.5 Å². The average molecular weight is 528 g/mol. The van der Waals surface area contributed by atoms with Gasteiger partial charge in [0.15, 0.2) is 6.23 Å². The van der Waals surface area contributed by atoms with E-state index in [0.29, 0.717) is 0 Å². The minimum absolute atomic E-state index is 0.0586. The van der Waals surface area contributed by atoms with E-state index in [1.54, 1.807) is 0 Å². The first kappa shape index (κ1) is 26.8. The monoisotopic (exact) mass is 527 g/mol.